The molecule has 3 nitrogen and oxygen atoms in total. The van der Waals surface area contributed by atoms with Crippen LogP contribution in [0.25, 0.3) is 0 Å². The van der Waals surface area contributed by atoms with Gasteiger partial charge in [0.1, 0.15) is 5.69 Å². The summed E-state index contributed by atoms with van der Waals surface area (Å²) in [6.07, 6.45) is 1.78. The molecule has 1 unspecified atom stereocenters. The summed E-state index contributed by atoms with van der Waals surface area (Å²) in [4.78, 5) is 13.8. The van der Waals surface area contributed by atoms with Crippen LogP contribution in [0.2, 0.25) is 0 Å². The number of aromatic nitrogens is 1. The second-order valence-corrected chi connectivity index (χ2v) is 4.77. The highest BCUT2D eigenvalue weighted by molar-refractivity contribution is 5.92. The molecule has 0 aliphatic heterocycles. The van der Waals surface area contributed by atoms with Crippen LogP contribution >= 0.6 is 0 Å². The Kier molecular flexibility index (Phi) is 3.88. The first-order valence-corrected chi connectivity index (χ1v) is 6.25. The van der Waals surface area contributed by atoms with E-state index in [1.165, 1.54) is 11.0 Å². The highest BCUT2D eigenvalue weighted by atomic mass is 19.2. The zero-order valence-corrected chi connectivity index (χ0v) is 11.6. The number of halogens is 2. The van der Waals surface area contributed by atoms with Gasteiger partial charge in [-0.1, -0.05) is 6.07 Å². The van der Waals surface area contributed by atoms with E-state index in [0.29, 0.717) is 11.3 Å². The van der Waals surface area contributed by atoms with E-state index < -0.39 is 11.6 Å². The van der Waals surface area contributed by atoms with Crippen LogP contribution in [0, 0.1) is 11.6 Å². The Morgan fingerprint density at radius 2 is 1.95 bits per heavy atom. The predicted molar refractivity (Wildman–Crippen MR) is 72.3 cm³/mol. The van der Waals surface area contributed by atoms with Gasteiger partial charge < -0.3 is 9.47 Å². The second-order valence-electron chi connectivity index (χ2n) is 4.77. The van der Waals surface area contributed by atoms with E-state index in [9.17, 15) is 13.6 Å². The molecule has 106 valence electrons. The Hall–Kier alpha value is -2.17. The van der Waals surface area contributed by atoms with Gasteiger partial charge in [-0.05, 0) is 36.8 Å². The number of hydrogen-bond donors (Lipinski definition) is 0. The van der Waals surface area contributed by atoms with Crippen molar-refractivity contribution in [3.8, 4) is 0 Å². The normalized spacial score (nSPS) is 12.2. The van der Waals surface area contributed by atoms with Crippen molar-refractivity contribution < 1.29 is 13.6 Å². The molecule has 2 aromatic rings. The van der Waals surface area contributed by atoms with E-state index in [0.717, 1.165) is 12.1 Å². The van der Waals surface area contributed by atoms with Crippen molar-refractivity contribution in [1.29, 1.82) is 0 Å². The number of rotatable bonds is 3. The number of carbonyl (C=O) groups excluding carboxylic acids is 1. The van der Waals surface area contributed by atoms with Crippen LogP contribution in [-0.4, -0.2) is 22.4 Å². The SMILES string of the molecule is CC(c1ccc(F)c(F)c1)N(C)C(=O)c1cccn1C. The lowest BCUT2D eigenvalue weighted by atomic mass is 10.1. The summed E-state index contributed by atoms with van der Waals surface area (Å²) in [5.74, 6) is -1.97. The van der Waals surface area contributed by atoms with Crippen LogP contribution in [0.1, 0.15) is 29.0 Å². The molecule has 0 aliphatic rings. The third kappa shape index (κ3) is 2.57. The van der Waals surface area contributed by atoms with Crippen molar-refractivity contribution in [3.63, 3.8) is 0 Å². The zero-order valence-electron chi connectivity index (χ0n) is 11.6. The van der Waals surface area contributed by atoms with E-state index in [1.807, 2.05) is 0 Å². The molecule has 0 spiro atoms. The van der Waals surface area contributed by atoms with Gasteiger partial charge in [-0.2, -0.15) is 0 Å². The van der Waals surface area contributed by atoms with Crippen molar-refractivity contribution in [2.75, 3.05) is 7.05 Å². The standard InChI is InChI=1S/C15H16F2N2O/c1-10(11-6-7-12(16)13(17)9-11)19(3)15(20)14-5-4-8-18(14)2/h4-10H,1-3H3. The summed E-state index contributed by atoms with van der Waals surface area (Å²) in [7, 11) is 3.42. The number of amides is 1. The van der Waals surface area contributed by atoms with Crippen LogP contribution in [-0.2, 0) is 7.05 Å². The molecule has 0 bridgehead atoms. The van der Waals surface area contributed by atoms with Crippen molar-refractivity contribution in [2.24, 2.45) is 7.05 Å². The molecule has 20 heavy (non-hydrogen) atoms. The van der Waals surface area contributed by atoms with Gasteiger partial charge in [0.25, 0.3) is 5.91 Å². The highest BCUT2D eigenvalue weighted by Crippen LogP contribution is 2.22. The molecule has 0 radical (unpaired) electrons. The zero-order chi connectivity index (χ0) is 14.9. The summed E-state index contributed by atoms with van der Waals surface area (Å²) >= 11 is 0. The molecule has 0 fully saturated rings. The van der Waals surface area contributed by atoms with E-state index >= 15 is 0 Å². The minimum absolute atomic E-state index is 0.172. The summed E-state index contributed by atoms with van der Waals surface area (Å²) in [6, 6.07) is 6.82. The molecular formula is C15H16F2N2O. The van der Waals surface area contributed by atoms with Gasteiger partial charge >= 0.3 is 0 Å². The molecule has 1 atom stereocenters. The number of benzene rings is 1. The maximum absolute atomic E-state index is 13.3. The first-order valence-electron chi connectivity index (χ1n) is 6.25. The summed E-state index contributed by atoms with van der Waals surface area (Å²) in [5, 5.41) is 0. The van der Waals surface area contributed by atoms with Crippen molar-refractivity contribution >= 4 is 5.91 Å². The molecule has 1 aromatic carbocycles. The molecular weight excluding hydrogens is 262 g/mol. The minimum Gasteiger partial charge on any atom is -0.347 e. The second kappa shape index (κ2) is 5.45. The maximum Gasteiger partial charge on any atom is 0.270 e. The molecule has 0 saturated carbocycles. The fraction of sp³-hybridized carbons (Fsp3) is 0.267. The molecule has 1 amide bonds. The smallest absolute Gasteiger partial charge is 0.270 e. The average molecular weight is 278 g/mol. The molecule has 0 saturated heterocycles. The number of hydrogen-bond acceptors (Lipinski definition) is 1. The van der Waals surface area contributed by atoms with Crippen LogP contribution in [0.5, 0.6) is 0 Å². The quantitative estimate of drug-likeness (QED) is 0.846. The van der Waals surface area contributed by atoms with Gasteiger partial charge in [0, 0.05) is 20.3 Å². The predicted octanol–water partition coefficient (Wildman–Crippen LogP) is 3.14. The Balaban J connectivity index is 2.24. The molecule has 5 heteroatoms. The molecule has 2 rings (SSSR count). The van der Waals surface area contributed by atoms with Gasteiger partial charge in [0.15, 0.2) is 11.6 Å². The lowest BCUT2D eigenvalue weighted by Crippen LogP contribution is -2.31. The first kappa shape index (κ1) is 14.2. The number of nitrogens with zero attached hydrogens (tertiary/aromatic N) is 2. The molecule has 0 N–H and O–H groups in total. The highest BCUT2D eigenvalue weighted by Gasteiger charge is 2.21. The third-order valence-corrected chi connectivity index (χ3v) is 3.49. The van der Waals surface area contributed by atoms with E-state index in [1.54, 1.807) is 43.9 Å². The van der Waals surface area contributed by atoms with Crippen LogP contribution in [0.15, 0.2) is 36.5 Å². The van der Waals surface area contributed by atoms with E-state index in [2.05, 4.69) is 0 Å². The topological polar surface area (TPSA) is 25.2 Å². The monoisotopic (exact) mass is 278 g/mol. The van der Waals surface area contributed by atoms with E-state index in [4.69, 9.17) is 0 Å². The average Bonchev–Trinajstić information content (AvgIpc) is 2.85. The first-order chi connectivity index (χ1) is 9.41. The maximum atomic E-state index is 13.3. The minimum atomic E-state index is -0.908. The number of carbonyl (C=O) groups is 1. The van der Waals surface area contributed by atoms with Gasteiger partial charge in [0.2, 0.25) is 0 Å². The molecule has 1 aromatic heterocycles. The lowest BCUT2D eigenvalue weighted by molar-refractivity contribution is 0.0732. The van der Waals surface area contributed by atoms with Crippen molar-refractivity contribution in [2.45, 2.75) is 13.0 Å². The number of aryl methyl sites for hydroxylation is 1. The Bertz CT molecular complexity index is 637. The van der Waals surface area contributed by atoms with Gasteiger partial charge in [-0.3, -0.25) is 4.79 Å². The summed E-state index contributed by atoms with van der Waals surface area (Å²) < 4.78 is 27.9. The van der Waals surface area contributed by atoms with Crippen molar-refractivity contribution in [3.05, 3.63) is 59.4 Å². The largest absolute Gasteiger partial charge is 0.347 e. The fourth-order valence-electron chi connectivity index (χ4n) is 2.04. The Labute approximate surface area is 116 Å². The van der Waals surface area contributed by atoms with E-state index in [-0.39, 0.29) is 11.9 Å². The Morgan fingerprint density at radius 1 is 1.25 bits per heavy atom. The summed E-state index contributed by atoms with van der Waals surface area (Å²) in [5.41, 5.74) is 1.09. The fourth-order valence-corrected chi connectivity index (χ4v) is 2.04. The van der Waals surface area contributed by atoms with Crippen LogP contribution < -0.4 is 0 Å². The van der Waals surface area contributed by atoms with Gasteiger partial charge in [-0.25, -0.2) is 8.78 Å². The Morgan fingerprint density at radius 3 is 2.50 bits per heavy atom. The molecule has 0 aliphatic carbocycles. The van der Waals surface area contributed by atoms with Crippen LogP contribution in [0.4, 0.5) is 8.78 Å². The lowest BCUT2D eigenvalue weighted by Gasteiger charge is -2.25. The molecule has 1 heterocycles. The summed E-state index contributed by atoms with van der Waals surface area (Å²) in [6.45, 7) is 1.77. The van der Waals surface area contributed by atoms with Crippen molar-refractivity contribution in [1.82, 2.24) is 9.47 Å². The van der Waals surface area contributed by atoms with Gasteiger partial charge in [-0.15, -0.1) is 0 Å². The van der Waals surface area contributed by atoms with Gasteiger partial charge in [0.05, 0.1) is 6.04 Å². The third-order valence-electron chi connectivity index (χ3n) is 3.49. The van der Waals surface area contributed by atoms with Crippen LogP contribution in [0.3, 0.4) is 0 Å².